The van der Waals surface area contributed by atoms with E-state index in [0.29, 0.717) is 17.4 Å². The Bertz CT molecular complexity index is 691. The van der Waals surface area contributed by atoms with Crippen LogP contribution in [0.4, 0.5) is 11.7 Å². The van der Waals surface area contributed by atoms with Gasteiger partial charge in [-0.15, -0.1) is 5.10 Å². The van der Waals surface area contributed by atoms with Gasteiger partial charge >= 0.3 is 6.01 Å². The molecule has 108 valence electrons. The van der Waals surface area contributed by atoms with Crippen molar-refractivity contribution in [2.75, 3.05) is 17.2 Å². The van der Waals surface area contributed by atoms with E-state index < -0.39 is 0 Å². The molecule has 0 saturated heterocycles. The standard InChI is InChI=1S/C15H16N4O2/c20-13(17-15-19-18-14(21-15)9-6-7-9)11-3-1-5-12-10(11)4-2-8-16-12/h1,3,5,9,16H,2,4,6-8H2,(H,17,19,20). The number of carbonyl (C=O) groups is 1. The van der Waals surface area contributed by atoms with Gasteiger partial charge in [0.2, 0.25) is 5.89 Å². The molecular formula is C15H16N4O2. The number of aromatic nitrogens is 2. The van der Waals surface area contributed by atoms with Crippen LogP contribution in [-0.4, -0.2) is 22.6 Å². The van der Waals surface area contributed by atoms with Gasteiger partial charge in [0.25, 0.3) is 5.91 Å². The molecule has 2 heterocycles. The number of carbonyl (C=O) groups excluding carboxylic acids is 1. The van der Waals surface area contributed by atoms with E-state index in [1.807, 2.05) is 18.2 Å². The van der Waals surface area contributed by atoms with Crippen molar-refractivity contribution in [1.29, 1.82) is 0 Å². The van der Waals surface area contributed by atoms with Crippen LogP contribution in [0.5, 0.6) is 0 Å². The van der Waals surface area contributed by atoms with Crippen molar-refractivity contribution >= 4 is 17.6 Å². The summed E-state index contributed by atoms with van der Waals surface area (Å²) in [6.07, 6.45) is 4.12. The fraction of sp³-hybridized carbons (Fsp3) is 0.400. The third-order valence-corrected chi connectivity index (χ3v) is 3.93. The lowest BCUT2D eigenvalue weighted by Crippen LogP contribution is -2.19. The summed E-state index contributed by atoms with van der Waals surface area (Å²) in [6, 6.07) is 5.90. The Morgan fingerprint density at radius 1 is 1.33 bits per heavy atom. The Balaban J connectivity index is 1.56. The highest BCUT2D eigenvalue weighted by Gasteiger charge is 2.29. The highest BCUT2D eigenvalue weighted by Crippen LogP contribution is 2.39. The number of nitrogens with one attached hydrogen (secondary N) is 2. The highest BCUT2D eigenvalue weighted by molar-refractivity contribution is 6.05. The number of anilines is 2. The summed E-state index contributed by atoms with van der Waals surface area (Å²) in [7, 11) is 0. The quantitative estimate of drug-likeness (QED) is 0.905. The van der Waals surface area contributed by atoms with Crippen molar-refractivity contribution in [3.8, 4) is 0 Å². The summed E-state index contributed by atoms with van der Waals surface area (Å²) in [4.78, 5) is 12.4. The molecule has 6 nitrogen and oxygen atoms in total. The molecule has 1 aliphatic carbocycles. The van der Waals surface area contributed by atoms with Crippen molar-refractivity contribution in [3.63, 3.8) is 0 Å². The van der Waals surface area contributed by atoms with Crippen LogP contribution in [-0.2, 0) is 6.42 Å². The molecule has 0 bridgehead atoms. The van der Waals surface area contributed by atoms with Crippen LogP contribution >= 0.6 is 0 Å². The van der Waals surface area contributed by atoms with Crippen LogP contribution in [0.15, 0.2) is 22.6 Å². The van der Waals surface area contributed by atoms with Crippen LogP contribution in [0.1, 0.15) is 47.0 Å². The highest BCUT2D eigenvalue weighted by atomic mass is 16.4. The molecule has 1 saturated carbocycles. The number of fused-ring (bicyclic) bond motifs is 1. The van der Waals surface area contributed by atoms with E-state index in [4.69, 9.17) is 4.42 Å². The van der Waals surface area contributed by atoms with Gasteiger partial charge in [-0.2, -0.15) is 0 Å². The van der Waals surface area contributed by atoms with Gasteiger partial charge in [0.15, 0.2) is 0 Å². The molecule has 2 N–H and O–H groups in total. The first-order valence-corrected chi connectivity index (χ1v) is 7.32. The Morgan fingerprint density at radius 3 is 3.10 bits per heavy atom. The summed E-state index contributed by atoms with van der Waals surface area (Å²) in [6.45, 7) is 0.951. The SMILES string of the molecule is O=C(Nc1nnc(C2CC2)o1)c1cccc2c1CCCN2. The molecule has 2 aliphatic rings. The number of nitrogens with zero attached hydrogens (tertiary/aromatic N) is 2. The Labute approximate surface area is 121 Å². The molecule has 21 heavy (non-hydrogen) atoms. The molecule has 1 amide bonds. The van der Waals surface area contributed by atoms with Gasteiger partial charge in [-0.25, -0.2) is 0 Å². The zero-order chi connectivity index (χ0) is 14.2. The van der Waals surface area contributed by atoms with E-state index in [2.05, 4.69) is 20.8 Å². The molecule has 1 fully saturated rings. The molecular weight excluding hydrogens is 268 g/mol. The lowest BCUT2D eigenvalue weighted by Gasteiger charge is -2.20. The minimum atomic E-state index is -0.193. The topological polar surface area (TPSA) is 80.1 Å². The van der Waals surface area contributed by atoms with Crippen molar-refractivity contribution in [2.45, 2.75) is 31.6 Å². The number of hydrogen-bond acceptors (Lipinski definition) is 5. The smallest absolute Gasteiger partial charge is 0.322 e. The predicted molar refractivity (Wildman–Crippen MR) is 77.5 cm³/mol. The lowest BCUT2D eigenvalue weighted by atomic mass is 9.97. The van der Waals surface area contributed by atoms with E-state index in [1.54, 1.807) is 0 Å². The largest absolute Gasteiger partial charge is 0.408 e. The first kappa shape index (κ1) is 12.4. The average Bonchev–Trinajstić information content (AvgIpc) is 3.27. The van der Waals surface area contributed by atoms with E-state index in [-0.39, 0.29) is 11.9 Å². The van der Waals surface area contributed by atoms with E-state index >= 15 is 0 Å². The monoisotopic (exact) mass is 284 g/mol. The maximum absolute atomic E-state index is 12.4. The summed E-state index contributed by atoms with van der Waals surface area (Å²) >= 11 is 0. The Morgan fingerprint density at radius 2 is 2.24 bits per heavy atom. The second-order valence-electron chi connectivity index (χ2n) is 5.54. The normalized spacial score (nSPS) is 17.0. The van der Waals surface area contributed by atoms with Crippen LogP contribution in [0.25, 0.3) is 0 Å². The van der Waals surface area contributed by atoms with E-state index in [1.165, 1.54) is 0 Å². The molecule has 4 rings (SSSR count). The molecule has 0 radical (unpaired) electrons. The molecule has 6 heteroatoms. The van der Waals surface area contributed by atoms with Crippen molar-refractivity contribution in [3.05, 3.63) is 35.2 Å². The fourth-order valence-electron chi connectivity index (χ4n) is 2.67. The lowest BCUT2D eigenvalue weighted by molar-refractivity contribution is 0.102. The van der Waals surface area contributed by atoms with Gasteiger partial charge < -0.3 is 9.73 Å². The molecule has 0 atom stereocenters. The third-order valence-electron chi connectivity index (χ3n) is 3.93. The Kier molecular flexibility index (Phi) is 2.87. The second kappa shape index (κ2) is 4.87. The minimum absolute atomic E-state index is 0.184. The number of benzene rings is 1. The first-order valence-electron chi connectivity index (χ1n) is 7.32. The number of amides is 1. The van der Waals surface area contributed by atoms with Gasteiger partial charge in [-0.3, -0.25) is 10.1 Å². The van der Waals surface area contributed by atoms with Crippen LogP contribution in [0.3, 0.4) is 0 Å². The van der Waals surface area contributed by atoms with Crippen molar-refractivity contribution < 1.29 is 9.21 Å². The predicted octanol–water partition coefficient (Wildman–Crippen LogP) is 2.56. The summed E-state index contributed by atoms with van der Waals surface area (Å²) in [5.74, 6) is 0.820. The third kappa shape index (κ3) is 2.37. The molecule has 1 aliphatic heterocycles. The number of rotatable bonds is 3. The van der Waals surface area contributed by atoms with Crippen LogP contribution < -0.4 is 10.6 Å². The molecule has 0 unspecified atom stereocenters. The summed E-state index contributed by atoms with van der Waals surface area (Å²) in [5.41, 5.74) is 2.77. The number of hydrogen-bond donors (Lipinski definition) is 2. The van der Waals surface area contributed by atoms with E-state index in [9.17, 15) is 4.79 Å². The fourth-order valence-corrected chi connectivity index (χ4v) is 2.67. The second-order valence-corrected chi connectivity index (χ2v) is 5.54. The summed E-state index contributed by atoms with van der Waals surface area (Å²) in [5, 5.41) is 13.9. The van der Waals surface area contributed by atoms with Gasteiger partial charge in [-0.1, -0.05) is 11.2 Å². The van der Waals surface area contributed by atoms with Gasteiger partial charge in [0.1, 0.15) is 0 Å². The maximum Gasteiger partial charge on any atom is 0.322 e. The van der Waals surface area contributed by atoms with Gasteiger partial charge in [-0.05, 0) is 43.4 Å². The van der Waals surface area contributed by atoms with E-state index in [0.717, 1.165) is 43.5 Å². The minimum Gasteiger partial charge on any atom is -0.408 e. The zero-order valence-corrected chi connectivity index (χ0v) is 11.6. The van der Waals surface area contributed by atoms with Crippen LogP contribution in [0.2, 0.25) is 0 Å². The molecule has 0 spiro atoms. The van der Waals surface area contributed by atoms with Crippen molar-refractivity contribution in [1.82, 2.24) is 10.2 Å². The van der Waals surface area contributed by atoms with Gasteiger partial charge in [0.05, 0.1) is 0 Å². The maximum atomic E-state index is 12.4. The molecule has 1 aromatic heterocycles. The first-order chi connectivity index (χ1) is 10.3. The Hall–Kier alpha value is -2.37. The molecule has 1 aromatic carbocycles. The van der Waals surface area contributed by atoms with Crippen LogP contribution in [0, 0.1) is 0 Å². The zero-order valence-electron chi connectivity index (χ0n) is 11.6. The van der Waals surface area contributed by atoms with Gasteiger partial charge in [0, 0.05) is 23.7 Å². The molecule has 2 aromatic rings. The summed E-state index contributed by atoms with van der Waals surface area (Å²) < 4.78 is 5.47. The van der Waals surface area contributed by atoms with Crippen molar-refractivity contribution in [2.24, 2.45) is 0 Å². The average molecular weight is 284 g/mol.